The second kappa shape index (κ2) is 5.37. The molecule has 0 bridgehead atoms. The van der Waals surface area contributed by atoms with Gasteiger partial charge in [0.15, 0.2) is 0 Å². The summed E-state index contributed by atoms with van der Waals surface area (Å²) >= 11 is 3.46. The number of aryl methyl sites for hydroxylation is 2. The van der Waals surface area contributed by atoms with Crippen molar-refractivity contribution in [1.82, 2.24) is 5.43 Å². The summed E-state index contributed by atoms with van der Waals surface area (Å²) in [6.07, 6.45) is 2.16. The zero-order valence-electron chi connectivity index (χ0n) is 7.81. The number of nitrogens with two attached hydrogens (primary N) is 1. The molecule has 0 saturated heterocycles. The first-order valence-corrected chi connectivity index (χ1v) is 5.22. The van der Waals surface area contributed by atoms with Gasteiger partial charge in [-0.25, -0.2) is 0 Å². The second-order valence-corrected chi connectivity index (χ2v) is 4.04. The Kier molecular flexibility index (Phi) is 4.42. The average Bonchev–Trinajstić information content (AvgIpc) is 2.11. The Morgan fingerprint density at radius 3 is 2.92 bits per heavy atom. The third-order valence-electron chi connectivity index (χ3n) is 2.08. The molecule has 0 atom stereocenters. The molecule has 0 radical (unpaired) electrons. The van der Waals surface area contributed by atoms with Crippen molar-refractivity contribution in [2.75, 3.05) is 6.54 Å². The number of nitrogens with one attached hydrogen (secondary N) is 1. The molecule has 13 heavy (non-hydrogen) atoms. The minimum atomic E-state index is 0.867. The van der Waals surface area contributed by atoms with E-state index >= 15 is 0 Å². The number of hydrogen-bond acceptors (Lipinski definition) is 2. The van der Waals surface area contributed by atoms with Crippen LogP contribution in [0.5, 0.6) is 0 Å². The summed E-state index contributed by atoms with van der Waals surface area (Å²) in [5, 5.41) is 0. The molecule has 0 aliphatic rings. The van der Waals surface area contributed by atoms with Crippen LogP contribution in [0.4, 0.5) is 0 Å². The van der Waals surface area contributed by atoms with Gasteiger partial charge in [0.25, 0.3) is 0 Å². The summed E-state index contributed by atoms with van der Waals surface area (Å²) in [5.41, 5.74) is 5.40. The lowest BCUT2D eigenvalue weighted by atomic mass is 10.0. The molecule has 1 aromatic rings. The molecule has 3 heteroatoms. The van der Waals surface area contributed by atoms with Gasteiger partial charge in [0.1, 0.15) is 0 Å². The molecule has 0 saturated carbocycles. The summed E-state index contributed by atoms with van der Waals surface area (Å²) in [6, 6.07) is 6.38. The Bertz CT molecular complexity index is 274. The van der Waals surface area contributed by atoms with Crippen LogP contribution in [-0.2, 0) is 6.42 Å². The van der Waals surface area contributed by atoms with Crippen LogP contribution >= 0.6 is 15.9 Å². The molecule has 72 valence electrons. The lowest BCUT2D eigenvalue weighted by Crippen LogP contribution is -2.23. The van der Waals surface area contributed by atoms with Crippen molar-refractivity contribution in [2.24, 2.45) is 5.84 Å². The van der Waals surface area contributed by atoms with E-state index < -0.39 is 0 Å². The quantitative estimate of drug-likeness (QED) is 0.483. The minimum Gasteiger partial charge on any atom is -0.271 e. The van der Waals surface area contributed by atoms with Gasteiger partial charge in [-0.2, -0.15) is 0 Å². The number of rotatable bonds is 4. The van der Waals surface area contributed by atoms with E-state index in [-0.39, 0.29) is 0 Å². The molecule has 0 aliphatic heterocycles. The standard InChI is InChI=1S/C10H15BrN2/c1-8-4-5-10(11)7-9(8)3-2-6-13-12/h4-5,7,13H,2-3,6,12H2,1H3. The minimum absolute atomic E-state index is 0.867. The van der Waals surface area contributed by atoms with E-state index in [2.05, 4.69) is 46.5 Å². The van der Waals surface area contributed by atoms with Gasteiger partial charge in [-0.05, 0) is 43.0 Å². The Labute approximate surface area is 87.6 Å². The predicted molar refractivity (Wildman–Crippen MR) is 59.4 cm³/mol. The topological polar surface area (TPSA) is 38.0 Å². The van der Waals surface area contributed by atoms with Crippen molar-refractivity contribution in [3.63, 3.8) is 0 Å². The van der Waals surface area contributed by atoms with Gasteiger partial charge >= 0.3 is 0 Å². The summed E-state index contributed by atoms with van der Waals surface area (Å²) < 4.78 is 1.15. The van der Waals surface area contributed by atoms with Crippen LogP contribution in [0.3, 0.4) is 0 Å². The van der Waals surface area contributed by atoms with Gasteiger partial charge in [-0.15, -0.1) is 0 Å². The average molecular weight is 243 g/mol. The van der Waals surface area contributed by atoms with E-state index in [1.54, 1.807) is 0 Å². The highest BCUT2D eigenvalue weighted by atomic mass is 79.9. The first kappa shape index (κ1) is 10.7. The van der Waals surface area contributed by atoms with Crippen molar-refractivity contribution >= 4 is 15.9 Å². The van der Waals surface area contributed by atoms with Crippen LogP contribution in [0.2, 0.25) is 0 Å². The fourth-order valence-electron chi connectivity index (χ4n) is 1.29. The van der Waals surface area contributed by atoms with E-state index in [9.17, 15) is 0 Å². The number of benzene rings is 1. The number of hydrazine groups is 1. The highest BCUT2D eigenvalue weighted by molar-refractivity contribution is 9.10. The maximum atomic E-state index is 5.20. The van der Waals surface area contributed by atoms with Gasteiger partial charge in [-0.3, -0.25) is 11.3 Å². The van der Waals surface area contributed by atoms with Gasteiger partial charge in [-0.1, -0.05) is 22.0 Å². The van der Waals surface area contributed by atoms with Gasteiger partial charge in [0.05, 0.1) is 0 Å². The van der Waals surface area contributed by atoms with Crippen molar-refractivity contribution in [3.8, 4) is 0 Å². The predicted octanol–water partition coefficient (Wildman–Crippen LogP) is 2.15. The molecular formula is C10H15BrN2. The molecule has 0 heterocycles. The molecule has 1 aromatic carbocycles. The van der Waals surface area contributed by atoms with E-state index in [0.29, 0.717) is 0 Å². The third kappa shape index (κ3) is 3.46. The fraction of sp³-hybridized carbons (Fsp3) is 0.400. The highest BCUT2D eigenvalue weighted by Gasteiger charge is 1.98. The number of hydrogen-bond donors (Lipinski definition) is 2. The van der Waals surface area contributed by atoms with Crippen molar-refractivity contribution in [3.05, 3.63) is 33.8 Å². The SMILES string of the molecule is Cc1ccc(Br)cc1CCCNN. The zero-order valence-corrected chi connectivity index (χ0v) is 9.39. The first-order chi connectivity index (χ1) is 6.24. The summed E-state index contributed by atoms with van der Waals surface area (Å²) in [4.78, 5) is 0. The Balaban J connectivity index is 2.59. The number of halogens is 1. The molecule has 3 N–H and O–H groups in total. The van der Waals surface area contributed by atoms with E-state index in [4.69, 9.17) is 5.84 Å². The molecule has 0 aliphatic carbocycles. The zero-order chi connectivity index (χ0) is 9.68. The van der Waals surface area contributed by atoms with Crippen LogP contribution < -0.4 is 11.3 Å². The van der Waals surface area contributed by atoms with Crippen LogP contribution in [-0.4, -0.2) is 6.54 Å². The van der Waals surface area contributed by atoms with Crippen LogP contribution in [0.15, 0.2) is 22.7 Å². The van der Waals surface area contributed by atoms with Gasteiger partial charge in [0.2, 0.25) is 0 Å². The highest BCUT2D eigenvalue weighted by Crippen LogP contribution is 2.17. The fourth-order valence-corrected chi connectivity index (χ4v) is 1.70. The van der Waals surface area contributed by atoms with E-state index in [0.717, 1.165) is 23.9 Å². The largest absolute Gasteiger partial charge is 0.271 e. The van der Waals surface area contributed by atoms with Crippen molar-refractivity contribution in [2.45, 2.75) is 19.8 Å². The lowest BCUT2D eigenvalue weighted by Gasteiger charge is -2.05. The molecule has 1 rings (SSSR count). The van der Waals surface area contributed by atoms with Crippen molar-refractivity contribution < 1.29 is 0 Å². The molecular weight excluding hydrogens is 228 g/mol. The van der Waals surface area contributed by atoms with Gasteiger partial charge < -0.3 is 0 Å². The molecule has 0 amide bonds. The summed E-state index contributed by atoms with van der Waals surface area (Å²) in [5.74, 6) is 5.20. The maximum Gasteiger partial charge on any atom is 0.0178 e. The molecule has 0 fully saturated rings. The van der Waals surface area contributed by atoms with Crippen LogP contribution in [0.1, 0.15) is 17.5 Å². The maximum absolute atomic E-state index is 5.20. The van der Waals surface area contributed by atoms with E-state index in [1.807, 2.05) is 0 Å². The Morgan fingerprint density at radius 1 is 1.46 bits per heavy atom. The normalized spacial score (nSPS) is 10.4. The molecule has 0 unspecified atom stereocenters. The smallest absolute Gasteiger partial charge is 0.0178 e. The van der Waals surface area contributed by atoms with Crippen LogP contribution in [0.25, 0.3) is 0 Å². The molecule has 2 nitrogen and oxygen atoms in total. The lowest BCUT2D eigenvalue weighted by molar-refractivity contribution is 0.678. The first-order valence-electron chi connectivity index (χ1n) is 4.42. The van der Waals surface area contributed by atoms with Crippen LogP contribution in [0, 0.1) is 6.92 Å². The second-order valence-electron chi connectivity index (χ2n) is 3.13. The monoisotopic (exact) mass is 242 g/mol. The summed E-state index contributed by atoms with van der Waals surface area (Å²) in [6.45, 7) is 3.00. The molecule has 0 aromatic heterocycles. The Hall–Kier alpha value is -0.380. The Morgan fingerprint density at radius 2 is 2.23 bits per heavy atom. The van der Waals surface area contributed by atoms with E-state index in [1.165, 1.54) is 11.1 Å². The third-order valence-corrected chi connectivity index (χ3v) is 2.57. The van der Waals surface area contributed by atoms with Gasteiger partial charge in [0, 0.05) is 11.0 Å². The van der Waals surface area contributed by atoms with Crippen molar-refractivity contribution in [1.29, 1.82) is 0 Å². The molecule has 0 spiro atoms. The summed E-state index contributed by atoms with van der Waals surface area (Å²) in [7, 11) is 0.